The van der Waals surface area contributed by atoms with Crippen molar-refractivity contribution in [3.8, 4) is 0 Å². The third-order valence-corrected chi connectivity index (χ3v) is 6.09. The second kappa shape index (κ2) is 7.22. The minimum absolute atomic E-state index is 0.0645. The first-order valence-corrected chi connectivity index (χ1v) is 9.87. The fourth-order valence-electron chi connectivity index (χ4n) is 2.83. The van der Waals surface area contributed by atoms with Gasteiger partial charge in [-0.1, -0.05) is 6.07 Å². The molecule has 1 fully saturated rings. The summed E-state index contributed by atoms with van der Waals surface area (Å²) in [5.74, 6) is -0.472. The first kappa shape index (κ1) is 19.2. The molecular formula is C18H17F3N2O3S. The highest BCUT2D eigenvalue weighted by Gasteiger charge is 2.30. The summed E-state index contributed by atoms with van der Waals surface area (Å²) in [4.78, 5) is 12.4. The zero-order valence-electron chi connectivity index (χ0n) is 14.2. The number of nitrogens with one attached hydrogen (secondary N) is 1. The van der Waals surface area contributed by atoms with Gasteiger partial charge in [0.05, 0.1) is 17.0 Å². The molecule has 3 rings (SSSR count). The van der Waals surface area contributed by atoms with Crippen molar-refractivity contribution in [3.63, 3.8) is 0 Å². The van der Waals surface area contributed by atoms with Crippen LogP contribution >= 0.6 is 0 Å². The first-order chi connectivity index (χ1) is 12.7. The summed E-state index contributed by atoms with van der Waals surface area (Å²) >= 11 is 0. The SMILES string of the molecule is O=C(Nc1ccc(C(F)(F)F)cc1)c1cccc(N2CCCCS2(=O)=O)c1. The molecule has 144 valence electrons. The topological polar surface area (TPSA) is 66.5 Å². The fourth-order valence-corrected chi connectivity index (χ4v) is 4.46. The highest BCUT2D eigenvalue weighted by Crippen LogP contribution is 2.30. The van der Waals surface area contributed by atoms with E-state index < -0.39 is 27.7 Å². The maximum Gasteiger partial charge on any atom is 0.416 e. The Labute approximate surface area is 154 Å². The van der Waals surface area contributed by atoms with Crippen LogP contribution in [0.1, 0.15) is 28.8 Å². The van der Waals surface area contributed by atoms with Crippen molar-refractivity contribution < 1.29 is 26.4 Å². The molecule has 1 heterocycles. The molecule has 0 spiro atoms. The van der Waals surface area contributed by atoms with Crippen molar-refractivity contribution in [1.82, 2.24) is 0 Å². The lowest BCUT2D eigenvalue weighted by Crippen LogP contribution is -2.37. The Morgan fingerprint density at radius 3 is 2.37 bits per heavy atom. The number of benzene rings is 2. The van der Waals surface area contributed by atoms with Crippen LogP contribution in [-0.4, -0.2) is 26.6 Å². The molecule has 2 aromatic rings. The van der Waals surface area contributed by atoms with Gasteiger partial charge in [-0.25, -0.2) is 8.42 Å². The number of alkyl halides is 3. The molecule has 0 aliphatic carbocycles. The number of hydrogen-bond donors (Lipinski definition) is 1. The minimum Gasteiger partial charge on any atom is -0.322 e. The molecule has 0 atom stereocenters. The molecule has 1 saturated heterocycles. The molecule has 0 aromatic heterocycles. The highest BCUT2D eigenvalue weighted by molar-refractivity contribution is 7.92. The third-order valence-electron chi connectivity index (χ3n) is 4.22. The van der Waals surface area contributed by atoms with Crippen LogP contribution in [0.2, 0.25) is 0 Å². The van der Waals surface area contributed by atoms with E-state index in [1.165, 1.54) is 28.6 Å². The van der Waals surface area contributed by atoms with Crippen LogP contribution in [0.15, 0.2) is 48.5 Å². The van der Waals surface area contributed by atoms with Crippen LogP contribution in [0.4, 0.5) is 24.5 Å². The predicted molar refractivity (Wildman–Crippen MR) is 96.2 cm³/mol. The van der Waals surface area contributed by atoms with E-state index in [1.54, 1.807) is 12.1 Å². The van der Waals surface area contributed by atoms with E-state index in [-0.39, 0.29) is 17.0 Å². The molecule has 0 unspecified atom stereocenters. The molecule has 1 N–H and O–H groups in total. The largest absolute Gasteiger partial charge is 0.416 e. The smallest absolute Gasteiger partial charge is 0.322 e. The normalized spacial score (nSPS) is 16.8. The molecule has 27 heavy (non-hydrogen) atoms. The van der Waals surface area contributed by atoms with E-state index in [0.29, 0.717) is 18.7 Å². The van der Waals surface area contributed by atoms with Gasteiger partial charge < -0.3 is 5.32 Å². The van der Waals surface area contributed by atoms with Crippen LogP contribution in [0, 0.1) is 0 Å². The molecule has 0 radical (unpaired) electrons. The summed E-state index contributed by atoms with van der Waals surface area (Å²) in [7, 11) is -3.40. The quantitative estimate of drug-likeness (QED) is 0.853. The average Bonchev–Trinajstić information content (AvgIpc) is 2.61. The first-order valence-electron chi connectivity index (χ1n) is 8.26. The summed E-state index contributed by atoms with van der Waals surface area (Å²) in [6.45, 7) is 0.353. The highest BCUT2D eigenvalue weighted by atomic mass is 32.2. The zero-order valence-corrected chi connectivity index (χ0v) is 15.0. The number of rotatable bonds is 3. The van der Waals surface area contributed by atoms with Crippen LogP contribution in [-0.2, 0) is 16.2 Å². The monoisotopic (exact) mass is 398 g/mol. The van der Waals surface area contributed by atoms with Gasteiger partial charge in [0.1, 0.15) is 0 Å². The number of halogens is 3. The Balaban J connectivity index is 1.78. The molecule has 0 saturated carbocycles. The number of carbonyl (C=O) groups is 1. The van der Waals surface area contributed by atoms with Crippen LogP contribution in [0.3, 0.4) is 0 Å². The minimum atomic E-state index is -4.45. The number of anilines is 2. The van der Waals surface area contributed by atoms with E-state index in [4.69, 9.17) is 0 Å². The zero-order chi connectivity index (χ0) is 19.7. The van der Waals surface area contributed by atoms with Gasteiger partial charge in [-0.2, -0.15) is 13.2 Å². The summed E-state index contributed by atoms with van der Waals surface area (Å²) in [5.41, 5.74) is 0.0183. The van der Waals surface area contributed by atoms with Gasteiger partial charge >= 0.3 is 6.18 Å². The van der Waals surface area contributed by atoms with Crippen molar-refractivity contribution in [2.75, 3.05) is 21.9 Å². The molecule has 1 aliphatic rings. The number of sulfonamides is 1. The Hall–Kier alpha value is -2.55. The van der Waals surface area contributed by atoms with Gasteiger partial charge in [0.25, 0.3) is 5.91 Å². The molecule has 2 aromatic carbocycles. The standard InChI is InChI=1S/C18H17F3N2O3S/c19-18(20,21)14-6-8-15(9-7-14)22-17(24)13-4-3-5-16(12-13)23-10-1-2-11-27(23,25)26/h3-9,12H,1-2,10-11H2,(H,22,24). The molecular weight excluding hydrogens is 381 g/mol. The third kappa shape index (κ3) is 4.41. The van der Waals surface area contributed by atoms with Gasteiger partial charge in [0, 0.05) is 17.8 Å². The molecule has 1 aliphatic heterocycles. The van der Waals surface area contributed by atoms with E-state index >= 15 is 0 Å². The lowest BCUT2D eigenvalue weighted by atomic mass is 10.1. The van der Waals surface area contributed by atoms with Gasteiger partial charge in [0.15, 0.2) is 0 Å². The summed E-state index contributed by atoms with van der Waals surface area (Å²) in [5, 5.41) is 2.51. The summed E-state index contributed by atoms with van der Waals surface area (Å²) in [6.07, 6.45) is -3.11. The number of nitrogens with zero attached hydrogens (tertiary/aromatic N) is 1. The van der Waals surface area contributed by atoms with E-state index in [1.807, 2.05) is 0 Å². The van der Waals surface area contributed by atoms with Crippen LogP contribution < -0.4 is 9.62 Å². The molecule has 1 amide bonds. The van der Waals surface area contributed by atoms with E-state index in [2.05, 4.69) is 5.32 Å². The van der Waals surface area contributed by atoms with Crippen LogP contribution in [0.5, 0.6) is 0 Å². The second-order valence-electron chi connectivity index (χ2n) is 6.17. The van der Waals surface area contributed by atoms with Crippen molar-refractivity contribution in [1.29, 1.82) is 0 Å². The molecule has 9 heteroatoms. The van der Waals surface area contributed by atoms with Gasteiger partial charge in [0.2, 0.25) is 10.0 Å². The van der Waals surface area contributed by atoms with Crippen molar-refractivity contribution in [3.05, 3.63) is 59.7 Å². The lowest BCUT2D eigenvalue weighted by Gasteiger charge is -2.28. The van der Waals surface area contributed by atoms with Crippen molar-refractivity contribution >= 4 is 27.3 Å². The van der Waals surface area contributed by atoms with E-state index in [0.717, 1.165) is 18.6 Å². The fraction of sp³-hybridized carbons (Fsp3) is 0.278. The van der Waals surface area contributed by atoms with Gasteiger partial charge in [-0.3, -0.25) is 9.10 Å². The second-order valence-corrected chi connectivity index (χ2v) is 8.19. The van der Waals surface area contributed by atoms with E-state index in [9.17, 15) is 26.4 Å². The number of carbonyl (C=O) groups excluding carboxylic acids is 1. The summed E-state index contributed by atoms with van der Waals surface area (Å²) in [6, 6.07) is 10.2. The van der Waals surface area contributed by atoms with Crippen molar-refractivity contribution in [2.45, 2.75) is 19.0 Å². The van der Waals surface area contributed by atoms with Crippen molar-refractivity contribution in [2.24, 2.45) is 0 Å². The Morgan fingerprint density at radius 1 is 1.04 bits per heavy atom. The number of hydrogen-bond acceptors (Lipinski definition) is 3. The number of amides is 1. The molecule has 5 nitrogen and oxygen atoms in total. The maximum absolute atomic E-state index is 12.6. The van der Waals surface area contributed by atoms with Gasteiger partial charge in [-0.15, -0.1) is 0 Å². The molecule has 0 bridgehead atoms. The average molecular weight is 398 g/mol. The summed E-state index contributed by atoms with van der Waals surface area (Å²) < 4.78 is 63.5. The van der Waals surface area contributed by atoms with Gasteiger partial charge in [-0.05, 0) is 55.3 Å². The Bertz CT molecular complexity index is 941. The Kier molecular flexibility index (Phi) is 5.14. The Morgan fingerprint density at radius 2 is 1.74 bits per heavy atom. The predicted octanol–water partition coefficient (Wildman–Crippen LogP) is 3.89. The lowest BCUT2D eigenvalue weighted by molar-refractivity contribution is -0.137. The van der Waals surface area contributed by atoms with Crippen LogP contribution in [0.25, 0.3) is 0 Å². The maximum atomic E-state index is 12.6.